The van der Waals surface area contributed by atoms with Gasteiger partial charge in [0.05, 0.1) is 30.0 Å². The van der Waals surface area contributed by atoms with Crippen molar-refractivity contribution >= 4 is 34.1 Å². The highest BCUT2D eigenvalue weighted by Crippen LogP contribution is 2.22. The molecule has 2 aromatic carbocycles. The van der Waals surface area contributed by atoms with Gasteiger partial charge in [-0.3, -0.25) is 9.78 Å². The van der Waals surface area contributed by atoms with Crippen molar-refractivity contribution in [3.8, 4) is 0 Å². The molecular formula is C23H24ClN3O2. The fourth-order valence-electron chi connectivity index (χ4n) is 3.65. The minimum atomic E-state index is -0.0471. The first-order valence-electron chi connectivity index (χ1n) is 9.75. The second-order valence-corrected chi connectivity index (χ2v) is 7.82. The van der Waals surface area contributed by atoms with Gasteiger partial charge in [-0.25, -0.2) is 0 Å². The van der Waals surface area contributed by atoms with E-state index in [1.807, 2.05) is 38.2 Å². The Hall–Kier alpha value is -2.63. The van der Waals surface area contributed by atoms with Crippen LogP contribution in [0.5, 0.6) is 0 Å². The monoisotopic (exact) mass is 409 g/mol. The molecule has 1 amide bonds. The largest absolute Gasteiger partial charge is 0.378 e. The van der Waals surface area contributed by atoms with Gasteiger partial charge >= 0.3 is 0 Å². The molecule has 2 heterocycles. The second kappa shape index (κ2) is 8.39. The number of halogens is 1. The van der Waals surface area contributed by atoms with Crippen LogP contribution in [-0.2, 0) is 11.3 Å². The van der Waals surface area contributed by atoms with Crippen molar-refractivity contribution in [1.82, 2.24) is 9.88 Å². The van der Waals surface area contributed by atoms with Gasteiger partial charge in [-0.05, 0) is 48.9 Å². The minimum Gasteiger partial charge on any atom is -0.378 e. The van der Waals surface area contributed by atoms with Gasteiger partial charge in [0, 0.05) is 42.8 Å². The molecule has 0 atom stereocenters. The van der Waals surface area contributed by atoms with Gasteiger partial charge in [-0.2, -0.15) is 0 Å². The number of nitrogens with zero attached hydrogens (tertiary/aromatic N) is 3. The van der Waals surface area contributed by atoms with E-state index in [2.05, 4.69) is 34.1 Å². The van der Waals surface area contributed by atoms with Crippen LogP contribution in [0, 0.1) is 6.92 Å². The van der Waals surface area contributed by atoms with E-state index in [0.717, 1.165) is 48.5 Å². The molecule has 0 bridgehead atoms. The van der Waals surface area contributed by atoms with Gasteiger partial charge in [0.25, 0.3) is 5.91 Å². The van der Waals surface area contributed by atoms with Crippen molar-refractivity contribution in [3.05, 3.63) is 70.4 Å². The van der Waals surface area contributed by atoms with E-state index in [4.69, 9.17) is 16.3 Å². The highest BCUT2D eigenvalue weighted by Gasteiger charge is 2.17. The summed E-state index contributed by atoms with van der Waals surface area (Å²) in [6.07, 6.45) is 0. The van der Waals surface area contributed by atoms with Crippen LogP contribution in [0.3, 0.4) is 0 Å². The maximum Gasteiger partial charge on any atom is 0.255 e. The zero-order valence-corrected chi connectivity index (χ0v) is 17.4. The normalized spacial score (nSPS) is 14.2. The number of hydrogen-bond acceptors (Lipinski definition) is 4. The standard InChI is InChI=1S/C23H24ClN3O2/c1-16-21(14-18-13-19(24)5-8-22(18)25-16)23(28)26(2)15-17-3-6-20(7-4-17)27-9-11-29-12-10-27/h3-8,13-14H,9-12,15H2,1-2H3. The van der Waals surface area contributed by atoms with Crippen LogP contribution in [0.25, 0.3) is 10.9 Å². The lowest BCUT2D eigenvalue weighted by Gasteiger charge is -2.29. The third-order valence-corrected chi connectivity index (χ3v) is 5.51. The summed E-state index contributed by atoms with van der Waals surface area (Å²) in [6, 6.07) is 15.8. The summed E-state index contributed by atoms with van der Waals surface area (Å²) in [5.74, 6) is -0.0471. The fraction of sp³-hybridized carbons (Fsp3) is 0.304. The van der Waals surface area contributed by atoms with Crippen molar-refractivity contribution in [3.63, 3.8) is 0 Å². The van der Waals surface area contributed by atoms with Gasteiger partial charge < -0.3 is 14.5 Å². The van der Waals surface area contributed by atoms with Crippen LogP contribution in [0.15, 0.2) is 48.5 Å². The third-order valence-electron chi connectivity index (χ3n) is 5.28. The van der Waals surface area contributed by atoms with Crippen molar-refractivity contribution < 1.29 is 9.53 Å². The van der Waals surface area contributed by atoms with Crippen LogP contribution in [-0.4, -0.2) is 49.1 Å². The first-order valence-corrected chi connectivity index (χ1v) is 10.1. The lowest BCUT2D eigenvalue weighted by molar-refractivity contribution is 0.0784. The molecule has 6 heteroatoms. The highest BCUT2D eigenvalue weighted by molar-refractivity contribution is 6.31. The van der Waals surface area contributed by atoms with Crippen LogP contribution in [0.4, 0.5) is 5.69 Å². The number of carbonyl (C=O) groups excluding carboxylic acids is 1. The van der Waals surface area contributed by atoms with Crippen LogP contribution >= 0.6 is 11.6 Å². The Morgan fingerprint density at radius 1 is 1.14 bits per heavy atom. The van der Waals surface area contributed by atoms with Crippen molar-refractivity contribution in [2.24, 2.45) is 0 Å². The van der Waals surface area contributed by atoms with E-state index < -0.39 is 0 Å². The van der Waals surface area contributed by atoms with Crippen molar-refractivity contribution in [1.29, 1.82) is 0 Å². The Morgan fingerprint density at radius 2 is 1.86 bits per heavy atom. The average Bonchev–Trinajstić information content (AvgIpc) is 2.74. The number of benzene rings is 2. The Balaban J connectivity index is 1.49. The predicted octanol–water partition coefficient (Wildman–Crippen LogP) is 4.31. The zero-order valence-electron chi connectivity index (χ0n) is 16.7. The number of morpholine rings is 1. The number of amides is 1. The van der Waals surface area contributed by atoms with E-state index >= 15 is 0 Å². The van der Waals surface area contributed by atoms with Gasteiger partial charge in [-0.1, -0.05) is 23.7 Å². The number of anilines is 1. The summed E-state index contributed by atoms with van der Waals surface area (Å²) in [4.78, 5) is 21.7. The summed E-state index contributed by atoms with van der Waals surface area (Å²) in [5.41, 5.74) is 4.45. The summed E-state index contributed by atoms with van der Waals surface area (Å²) in [6.45, 7) is 5.76. The molecule has 1 aliphatic rings. The Morgan fingerprint density at radius 3 is 2.59 bits per heavy atom. The molecule has 29 heavy (non-hydrogen) atoms. The molecule has 0 radical (unpaired) electrons. The number of aromatic nitrogens is 1. The summed E-state index contributed by atoms with van der Waals surface area (Å²) >= 11 is 6.10. The zero-order chi connectivity index (χ0) is 20.4. The molecule has 4 rings (SSSR count). The van der Waals surface area contributed by atoms with E-state index in [-0.39, 0.29) is 5.91 Å². The number of fused-ring (bicyclic) bond motifs is 1. The number of aryl methyl sites for hydroxylation is 1. The summed E-state index contributed by atoms with van der Waals surface area (Å²) in [7, 11) is 1.82. The summed E-state index contributed by atoms with van der Waals surface area (Å²) < 4.78 is 5.41. The molecule has 1 saturated heterocycles. The quantitative estimate of drug-likeness (QED) is 0.644. The molecule has 1 fully saturated rings. The molecular weight excluding hydrogens is 386 g/mol. The van der Waals surface area contributed by atoms with Crippen LogP contribution < -0.4 is 4.90 Å². The molecule has 0 spiro atoms. The first kappa shape index (κ1) is 19.7. The number of hydrogen-bond donors (Lipinski definition) is 0. The highest BCUT2D eigenvalue weighted by atomic mass is 35.5. The molecule has 1 aliphatic heterocycles. The summed E-state index contributed by atoms with van der Waals surface area (Å²) in [5, 5.41) is 1.50. The van der Waals surface area contributed by atoms with Gasteiger partial charge in [0.15, 0.2) is 0 Å². The minimum absolute atomic E-state index is 0.0471. The van der Waals surface area contributed by atoms with Crippen LogP contribution in [0.1, 0.15) is 21.6 Å². The lowest BCUT2D eigenvalue weighted by Crippen LogP contribution is -2.36. The second-order valence-electron chi connectivity index (χ2n) is 7.39. The third kappa shape index (κ3) is 4.36. The molecule has 0 unspecified atom stereocenters. The van der Waals surface area contributed by atoms with E-state index in [1.54, 1.807) is 4.90 Å². The van der Waals surface area contributed by atoms with Gasteiger partial charge in [0.2, 0.25) is 0 Å². The molecule has 0 saturated carbocycles. The van der Waals surface area contributed by atoms with E-state index in [0.29, 0.717) is 17.1 Å². The fourth-order valence-corrected chi connectivity index (χ4v) is 3.83. The predicted molar refractivity (Wildman–Crippen MR) is 117 cm³/mol. The lowest BCUT2D eigenvalue weighted by atomic mass is 10.1. The molecule has 0 aliphatic carbocycles. The Labute approximate surface area is 175 Å². The Kier molecular flexibility index (Phi) is 5.69. The maximum atomic E-state index is 13.0. The number of pyridine rings is 1. The molecule has 5 nitrogen and oxygen atoms in total. The smallest absolute Gasteiger partial charge is 0.255 e. The average molecular weight is 410 g/mol. The van der Waals surface area contributed by atoms with Gasteiger partial charge in [0.1, 0.15) is 0 Å². The topological polar surface area (TPSA) is 45.7 Å². The maximum absolute atomic E-state index is 13.0. The number of rotatable bonds is 4. The molecule has 1 aromatic heterocycles. The van der Waals surface area contributed by atoms with Gasteiger partial charge in [-0.15, -0.1) is 0 Å². The SMILES string of the molecule is Cc1nc2ccc(Cl)cc2cc1C(=O)N(C)Cc1ccc(N2CCOCC2)cc1. The van der Waals surface area contributed by atoms with Crippen molar-refractivity contribution in [2.75, 3.05) is 38.3 Å². The Bertz CT molecular complexity index is 1030. The number of ether oxygens (including phenoxy) is 1. The first-order chi connectivity index (χ1) is 14.0. The molecule has 150 valence electrons. The van der Waals surface area contributed by atoms with Crippen LogP contribution in [0.2, 0.25) is 5.02 Å². The van der Waals surface area contributed by atoms with E-state index in [1.165, 1.54) is 5.69 Å². The van der Waals surface area contributed by atoms with E-state index in [9.17, 15) is 4.79 Å². The van der Waals surface area contributed by atoms with Crippen molar-refractivity contribution in [2.45, 2.75) is 13.5 Å². The number of carbonyl (C=O) groups is 1. The molecule has 0 N–H and O–H groups in total. The molecule has 3 aromatic rings.